The Bertz CT molecular complexity index is 748. The minimum absolute atomic E-state index is 0.122. The molecule has 4 nitrogen and oxygen atoms in total. The maximum atomic E-state index is 13.8. The number of amides is 1. The molecule has 0 radical (unpaired) electrons. The fraction of sp³-hybridized carbons (Fsp3) is 0.350. The molecule has 3 rings (SSSR count). The zero-order valence-electron chi connectivity index (χ0n) is 14.8. The van der Waals surface area contributed by atoms with E-state index >= 15 is 0 Å². The maximum absolute atomic E-state index is 13.8. The van der Waals surface area contributed by atoms with Crippen molar-refractivity contribution in [2.75, 3.05) is 31.5 Å². The van der Waals surface area contributed by atoms with Crippen molar-refractivity contribution in [3.8, 4) is 0 Å². The summed E-state index contributed by atoms with van der Waals surface area (Å²) in [6, 6.07) is 14.2. The third-order valence-corrected chi connectivity index (χ3v) is 5.00. The largest absolute Gasteiger partial charge is 0.322 e. The highest BCUT2D eigenvalue weighted by molar-refractivity contribution is 6.30. The molecule has 0 bridgehead atoms. The minimum Gasteiger partial charge on any atom is -0.322 e. The Hall–Kier alpha value is -1.95. The van der Waals surface area contributed by atoms with Crippen molar-refractivity contribution in [2.45, 2.75) is 19.5 Å². The number of piperazine rings is 1. The van der Waals surface area contributed by atoms with Crippen LogP contribution in [0, 0.1) is 5.82 Å². The van der Waals surface area contributed by atoms with Crippen LogP contribution in [0.15, 0.2) is 48.5 Å². The first-order valence-electron chi connectivity index (χ1n) is 8.79. The van der Waals surface area contributed by atoms with Gasteiger partial charge in [0.25, 0.3) is 0 Å². The van der Waals surface area contributed by atoms with E-state index in [9.17, 15) is 9.18 Å². The van der Waals surface area contributed by atoms with Gasteiger partial charge in [0.1, 0.15) is 5.82 Å². The molecule has 1 heterocycles. The molecule has 0 saturated carbocycles. The fourth-order valence-electron chi connectivity index (χ4n) is 3.15. The lowest BCUT2D eigenvalue weighted by Crippen LogP contribution is -2.52. The van der Waals surface area contributed by atoms with Crippen molar-refractivity contribution in [2.24, 2.45) is 0 Å². The van der Waals surface area contributed by atoms with Gasteiger partial charge in [0.05, 0.1) is 11.7 Å². The molecule has 1 fully saturated rings. The summed E-state index contributed by atoms with van der Waals surface area (Å²) in [6.07, 6.45) is 0. The number of hydrogen-bond acceptors (Lipinski definition) is 3. The molecule has 1 atom stereocenters. The summed E-state index contributed by atoms with van der Waals surface area (Å²) in [5.41, 5.74) is 1.42. The summed E-state index contributed by atoms with van der Waals surface area (Å²) in [4.78, 5) is 17.0. The average Bonchev–Trinajstić information content (AvgIpc) is 2.65. The van der Waals surface area contributed by atoms with E-state index in [-0.39, 0.29) is 17.6 Å². The molecule has 6 heteroatoms. The molecule has 2 aromatic carbocycles. The van der Waals surface area contributed by atoms with E-state index in [1.54, 1.807) is 0 Å². The van der Waals surface area contributed by atoms with Gasteiger partial charge in [-0.05, 0) is 30.7 Å². The number of carbonyl (C=O) groups excluding carboxylic acids is 1. The van der Waals surface area contributed by atoms with Gasteiger partial charge in [-0.3, -0.25) is 14.6 Å². The third-order valence-electron chi connectivity index (χ3n) is 4.77. The highest BCUT2D eigenvalue weighted by atomic mass is 35.5. The van der Waals surface area contributed by atoms with Gasteiger partial charge in [0, 0.05) is 37.7 Å². The summed E-state index contributed by atoms with van der Waals surface area (Å²) >= 11 is 5.88. The average molecular weight is 376 g/mol. The van der Waals surface area contributed by atoms with Gasteiger partial charge in [-0.1, -0.05) is 41.9 Å². The number of rotatable bonds is 5. The minimum atomic E-state index is -0.484. The van der Waals surface area contributed by atoms with Crippen LogP contribution in [0.25, 0.3) is 0 Å². The second-order valence-corrected chi connectivity index (χ2v) is 7.02. The molecule has 26 heavy (non-hydrogen) atoms. The highest BCUT2D eigenvalue weighted by Gasteiger charge is 2.26. The molecule has 1 N–H and O–H groups in total. The number of carbonyl (C=O) groups is 1. The maximum Gasteiger partial charge on any atom is 0.241 e. The third kappa shape index (κ3) is 4.81. The molecule has 0 aliphatic carbocycles. The second-order valence-electron chi connectivity index (χ2n) is 6.59. The highest BCUT2D eigenvalue weighted by Crippen LogP contribution is 2.20. The van der Waals surface area contributed by atoms with Crippen LogP contribution in [0.1, 0.15) is 12.5 Å². The molecule has 2 aromatic rings. The number of anilines is 1. The van der Waals surface area contributed by atoms with E-state index in [4.69, 9.17) is 11.6 Å². The van der Waals surface area contributed by atoms with Crippen LogP contribution in [-0.4, -0.2) is 47.9 Å². The molecular formula is C20H23ClFN3O. The van der Waals surface area contributed by atoms with Crippen LogP contribution < -0.4 is 5.32 Å². The lowest BCUT2D eigenvalue weighted by molar-refractivity contribution is -0.121. The van der Waals surface area contributed by atoms with Gasteiger partial charge in [0.15, 0.2) is 0 Å². The Morgan fingerprint density at radius 3 is 2.54 bits per heavy atom. The smallest absolute Gasteiger partial charge is 0.241 e. The number of hydrogen-bond donors (Lipinski definition) is 1. The van der Waals surface area contributed by atoms with Crippen LogP contribution in [0.2, 0.25) is 5.02 Å². The van der Waals surface area contributed by atoms with Gasteiger partial charge >= 0.3 is 0 Å². The quantitative estimate of drug-likeness (QED) is 0.866. The van der Waals surface area contributed by atoms with Crippen molar-refractivity contribution >= 4 is 23.2 Å². The van der Waals surface area contributed by atoms with E-state index in [0.717, 1.165) is 32.7 Å². The van der Waals surface area contributed by atoms with E-state index < -0.39 is 5.82 Å². The number of nitrogens with zero attached hydrogens (tertiary/aromatic N) is 2. The summed E-state index contributed by atoms with van der Waals surface area (Å²) in [5, 5.41) is 3.04. The van der Waals surface area contributed by atoms with E-state index in [1.807, 2.05) is 25.1 Å². The predicted molar refractivity (Wildman–Crippen MR) is 103 cm³/mol. The molecule has 0 aromatic heterocycles. The number of halogens is 2. The molecule has 138 valence electrons. The van der Waals surface area contributed by atoms with Crippen molar-refractivity contribution in [1.29, 1.82) is 0 Å². The zero-order valence-corrected chi connectivity index (χ0v) is 15.5. The molecule has 1 aliphatic heterocycles. The fourth-order valence-corrected chi connectivity index (χ4v) is 3.32. The van der Waals surface area contributed by atoms with Gasteiger partial charge in [-0.25, -0.2) is 4.39 Å². The summed E-state index contributed by atoms with van der Waals surface area (Å²) in [6.45, 7) is 6.18. The Kier molecular flexibility index (Phi) is 6.25. The van der Waals surface area contributed by atoms with Gasteiger partial charge in [-0.15, -0.1) is 0 Å². The van der Waals surface area contributed by atoms with E-state index in [2.05, 4.69) is 27.2 Å². The van der Waals surface area contributed by atoms with Crippen LogP contribution >= 0.6 is 11.6 Å². The Labute approximate surface area is 158 Å². The van der Waals surface area contributed by atoms with Gasteiger partial charge in [0.2, 0.25) is 5.91 Å². The zero-order chi connectivity index (χ0) is 18.5. The predicted octanol–water partition coefficient (Wildman–Crippen LogP) is 3.62. The standard InChI is InChI=1S/C20H23ClFN3O/c1-15(20(26)23-19-13-17(21)7-8-18(19)22)25-11-9-24(10-12-25)14-16-5-3-2-4-6-16/h2-8,13,15H,9-12,14H2,1H3,(H,23,26). The number of nitrogens with one attached hydrogen (secondary N) is 1. The van der Waals surface area contributed by atoms with Crippen LogP contribution in [0.4, 0.5) is 10.1 Å². The number of benzene rings is 2. The Morgan fingerprint density at radius 1 is 1.15 bits per heavy atom. The van der Waals surface area contributed by atoms with E-state index in [1.165, 1.54) is 23.8 Å². The van der Waals surface area contributed by atoms with E-state index in [0.29, 0.717) is 5.02 Å². The summed E-state index contributed by atoms with van der Waals surface area (Å²) < 4.78 is 13.8. The molecular weight excluding hydrogens is 353 g/mol. The normalized spacial score (nSPS) is 17.0. The molecule has 1 saturated heterocycles. The molecule has 1 aliphatic rings. The van der Waals surface area contributed by atoms with Crippen LogP contribution in [-0.2, 0) is 11.3 Å². The van der Waals surface area contributed by atoms with Crippen molar-refractivity contribution in [3.63, 3.8) is 0 Å². The summed E-state index contributed by atoms with van der Waals surface area (Å²) in [5.74, 6) is -0.703. The van der Waals surface area contributed by atoms with Crippen molar-refractivity contribution < 1.29 is 9.18 Å². The van der Waals surface area contributed by atoms with Crippen molar-refractivity contribution in [3.05, 3.63) is 64.9 Å². The van der Waals surface area contributed by atoms with Crippen LogP contribution in [0.3, 0.4) is 0 Å². The van der Waals surface area contributed by atoms with Gasteiger partial charge < -0.3 is 5.32 Å². The molecule has 0 spiro atoms. The van der Waals surface area contributed by atoms with Crippen molar-refractivity contribution in [1.82, 2.24) is 9.80 Å². The SMILES string of the molecule is CC(C(=O)Nc1cc(Cl)ccc1F)N1CCN(Cc2ccccc2)CC1. The lowest BCUT2D eigenvalue weighted by atomic mass is 10.1. The first kappa shape index (κ1) is 18.8. The summed E-state index contributed by atoms with van der Waals surface area (Å²) in [7, 11) is 0. The van der Waals surface area contributed by atoms with Crippen LogP contribution in [0.5, 0.6) is 0 Å². The Balaban J connectivity index is 1.52. The first-order valence-corrected chi connectivity index (χ1v) is 9.17. The Morgan fingerprint density at radius 2 is 1.85 bits per heavy atom. The lowest BCUT2D eigenvalue weighted by Gasteiger charge is -2.37. The first-order chi connectivity index (χ1) is 12.5. The monoisotopic (exact) mass is 375 g/mol. The molecule has 1 amide bonds. The second kappa shape index (κ2) is 8.62. The van der Waals surface area contributed by atoms with Gasteiger partial charge in [-0.2, -0.15) is 0 Å². The topological polar surface area (TPSA) is 35.6 Å². The molecule has 1 unspecified atom stereocenters.